The maximum atomic E-state index is 13.5. The van der Waals surface area contributed by atoms with Crippen LogP contribution in [0.3, 0.4) is 0 Å². The molecule has 164 valence electrons. The van der Waals surface area contributed by atoms with Crippen LogP contribution in [0.5, 0.6) is 23.0 Å². The Bertz CT molecular complexity index is 1340. The molecule has 0 bridgehead atoms. The average Bonchev–Trinajstić information content (AvgIpc) is 3.07. The lowest BCUT2D eigenvalue weighted by atomic mass is 9.85. The second kappa shape index (κ2) is 7.97. The predicted octanol–water partition coefficient (Wildman–Crippen LogP) is 3.84. The topological polar surface area (TPSA) is 84.2 Å². The molecular weight excluding hydrogens is 412 g/mol. The lowest BCUT2D eigenvalue weighted by Gasteiger charge is -2.25. The summed E-state index contributed by atoms with van der Waals surface area (Å²) in [5.41, 5.74) is -0.615. The van der Waals surface area contributed by atoms with Crippen molar-refractivity contribution in [3.05, 3.63) is 57.9 Å². The highest BCUT2D eigenvalue weighted by molar-refractivity contribution is 6.11. The summed E-state index contributed by atoms with van der Waals surface area (Å²) in [5.74, 6) is 7.21. The molecule has 1 aliphatic rings. The van der Waals surface area contributed by atoms with Crippen LogP contribution in [0.15, 0.2) is 45.6 Å². The highest BCUT2D eigenvalue weighted by Gasteiger charge is 2.49. The Hall–Kier alpha value is -3.92. The number of carbonyl (C=O) groups is 1. The summed E-state index contributed by atoms with van der Waals surface area (Å²) < 4.78 is 27.6. The summed E-state index contributed by atoms with van der Waals surface area (Å²) in [6.45, 7) is 3.73. The molecule has 7 heteroatoms. The molecule has 0 saturated carbocycles. The zero-order chi connectivity index (χ0) is 23.0. The molecule has 1 unspecified atom stereocenters. The Morgan fingerprint density at radius 3 is 2.34 bits per heavy atom. The van der Waals surface area contributed by atoms with Crippen LogP contribution in [0, 0.1) is 17.8 Å². The summed E-state index contributed by atoms with van der Waals surface area (Å²) in [4.78, 5) is 25.0. The minimum atomic E-state index is -1.40. The van der Waals surface area contributed by atoms with Crippen molar-refractivity contribution < 1.29 is 28.2 Å². The normalized spacial score (nSPS) is 16.9. The lowest BCUT2D eigenvalue weighted by molar-refractivity contribution is 0.0606. The van der Waals surface area contributed by atoms with Crippen molar-refractivity contribution in [2.45, 2.75) is 19.4 Å². The molecule has 0 amide bonds. The van der Waals surface area contributed by atoms with Gasteiger partial charge in [0.2, 0.25) is 17.1 Å². The number of ether oxygens (including phenoxy) is 4. The molecular formula is C25H22O7. The van der Waals surface area contributed by atoms with E-state index < -0.39 is 11.2 Å². The van der Waals surface area contributed by atoms with Crippen LogP contribution >= 0.6 is 0 Å². The summed E-state index contributed by atoms with van der Waals surface area (Å²) in [5, 5.41) is 0.634. The molecule has 0 fully saturated rings. The zero-order valence-electron chi connectivity index (χ0n) is 18.4. The minimum Gasteiger partial charge on any atom is -0.493 e. The van der Waals surface area contributed by atoms with Crippen LogP contribution < -0.4 is 24.6 Å². The summed E-state index contributed by atoms with van der Waals surface area (Å²) in [7, 11) is 4.55. The molecule has 0 radical (unpaired) electrons. The SMILES string of the molecule is COc1ccc(C#CC2(C(C)C)Oc3cc4oc(=O)ccc4cc3C2=O)c(OC)c1OC. The molecule has 3 aromatic rings. The average molecular weight is 434 g/mol. The van der Waals surface area contributed by atoms with Gasteiger partial charge in [0.1, 0.15) is 11.3 Å². The fourth-order valence-corrected chi connectivity index (χ4v) is 3.75. The van der Waals surface area contributed by atoms with Gasteiger partial charge in [-0.2, -0.15) is 0 Å². The van der Waals surface area contributed by atoms with Crippen LogP contribution in [0.1, 0.15) is 29.8 Å². The van der Waals surface area contributed by atoms with Gasteiger partial charge in [-0.05, 0) is 30.2 Å². The molecule has 7 nitrogen and oxygen atoms in total. The highest BCUT2D eigenvalue weighted by atomic mass is 16.5. The lowest BCUT2D eigenvalue weighted by Crippen LogP contribution is -2.44. The number of hydrogen-bond donors (Lipinski definition) is 0. The number of Topliss-reactive ketones (excluding diaryl/α,β-unsaturated/α-hetero) is 1. The van der Waals surface area contributed by atoms with Gasteiger partial charge in [0.05, 0.1) is 32.5 Å². The summed E-state index contributed by atoms with van der Waals surface area (Å²) in [6, 6.07) is 9.61. The number of carbonyl (C=O) groups excluding carboxylic acids is 1. The van der Waals surface area contributed by atoms with E-state index in [1.165, 1.54) is 27.4 Å². The molecule has 0 saturated heterocycles. The van der Waals surface area contributed by atoms with Gasteiger partial charge in [0, 0.05) is 23.4 Å². The number of ketones is 1. The van der Waals surface area contributed by atoms with Gasteiger partial charge in [0.25, 0.3) is 0 Å². The predicted molar refractivity (Wildman–Crippen MR) is 118 cm³/mol. The van der Waals surface area contributed by atoms with Crippen molar-refractivity contribution in [2.75, 3.05) is 21.3 Å². The fraction of sp³-hybridized carbons (Fsp3) is 0.280. The standard InChI is InChI=1S/C25H22O7/c1-14(2)25(11-10-15-6-8-18(28-3)23(30-5)22(15)29-4)24(27)17-12-16-7-9-21(26)31-19(16)13-20(17)32-25/h6-9,12-14H,1-5H3. The Labute approximate surface area is 184 Å². The van der Waals surface area contributed by atoms with Crippen LogP contribution in [-0.2, 0) is 0 Å². The Morgan fingerprint density at radius 1 is 0.938 bits per heavy atom. The second-order valence-electron chi connectivity index (χ2n) is 7.59. The maximum Gasteiger partial charge on any atom is 0.336 e. The van der Waals surface area contributed by atoms with Crippen LogP contribution in [0.4, 0.5) is 0 Å². The minimum absolute atomic E-state index is 0.248. The number of fused-ring (bicyclic) bond motifs is 2. The summed E-state index contributed by atoms with van der Waals surface area (Å²) in [6.07, 6.45) is 0. The van der Waals surface area contributed by atoms with Crippen molar-refractivity contribution in [1.29, 1.82) is 0 Å². The van der Waals surface area contributed by atoms with E-state index in [0.29, 0.717) is 45.1 Å². The van der Waals surface area contributed by atoms with Gasteiger partial charge in [0.15, 0.2) is 11.5 Å². The highest BCUT2D eigenvalue weighted by Crippen LogP contribution is 2.42. The van der Waals surface area contributed by atoms with Gasteiger partial charge < -0.3 is 23.4 Å². The van der Waals surface area contributed by atoms with Crippen molar-refractivity contribution in [2.24, 2.45) is 5.92 Å². The maximum absolute atomic E-state index is 13.5. The first kappa shape index (κ1) is 21.3. The van der Waals surface area contributed by atoms with Crippen molar-refractivity contribution in [3.63, 3.8) is 0 Å². The smallest absolute Gasteiger partial charge is 0.336 e. The first-order chi connectivity index (χ1) is 15.3. The number of methoxy groups -OCH3 is 3. The van der Waals surface area contributed by atoms with Gasteiger partial charge in [-0.1, -0.05) is 19.8 Å². The van der Waals surface area contributed by atoms with Crippen molar-refractivity contribution >= 4 is 16.8 Å². The molecule has 0 aliphatic carbocycles. The van der Waals surface area contributed by atoms with E-state index >= 15 is 0 Å². The van der Waals surface area contributed by atoms with E-state index in [4.69, 9.17) is 23.4 Å². The van der Waals surface area contributed by atoms with Crippen LogP contribution in [-0.4, -0.2) is 32.7 Å². The molecule has 0 spiro atoms. The molecule has 1 aromatic heterocycles. The number of hydrogen-bond acceptors (Lipinski definition) is 7. The molecule has 4 rings (SSSR count). The molecule has 32 heavy (non-hydrogen) atoms. The third-order valence-electron chi connectivity index (χ3n) is 5.47. The van der Waals surface area contributed by atoms with E-state index in [1.807, 2.05) is 13.8 Å². The first-order valence-corrected chi connectivity index (χ1v) is 9.98. The van der Waals surface area contributed by atoms with Gasteiger partial charge in [-0.3, -0.25) is 4.79 Å². The third-order valence-corrected chi connectivity index (χ3v) is 5.47. The Morgan fingerprint density at radius 2 is 1.69 bits per heavy atom. The quantitative estimate of drug-likeness (QED) is 0.456. The Kier molecular flexibility index (Phi) is 5.31. The van der Waals surface area contributed by atoms with Gasteiger partial charge in [-0.25, -0.2) is 4.79 Å². The first-order valence-electron chi connectivity index (χ1n) is 9.98. The van der Waals surface area contributed by atoms with Gasteiger partial charge in [-0.15, -0.1) is 0 Å². The molecule has 2 aromatic carbocycles. The molecule has 2 heterocycles. The van der Waals surface area contributed by atoms with Crippen molar-refractivity contribution in [3.8, 4) is 34.8 Å². The van der Waals surface area contributed by atoms with E-state index in [-0.39, 0.29) is 11.7 Å². The summed E-state index contributed by atoms with van der Waals surface area (Å²) >= 11 is 0. The van der Waals surface area contributed by atoms with Crippen LogP contribution in [0.25, 0.3) is 11.0 Å². The van der Waals surface area contributed by atoms with Gasteiger partial charge >= 0.3 is 5.63 Å². The monoisotopic (exact) mass is 434 g/mol. The van der Waals surface area contributed by atoms with Crippen LogP contribution in [0.2, 0.25) is 0 Å². The number of rotatable bonds is 4. The zero-order valence-corrected chi connectivity index (χ0v) is 18.4. The molecule has 1 atom stereocenters. The van der Waals surface area contributed by atoms with Crippen molar-refractivity contribution in [1.82, 2.24) is 0 Å². The molecule has 1 aliphatic heterocycles. The second-order valence-corrected chi connectivity index (χ2v) is 7.59. The van der Waals surface area contributed by atoms with E-state index in [2.05, 4.69) is 11.8 Å². The fourth-order valence-electron chi connectivity index (χ4n) is 3.75. The number of benzene rings is 2. The third kappa shape index (κ3) is 3.25. The van der Waals surface area contributed by atoms with E-state index in [1.54, 1.807) is 30.3 Å². The van der Waals surface area contributed by atoms with E-state index in [0.717, 1.165) is 0 Å². The van der Waals surface area contributed by atoms with E-state index in [9.17, 15) is 9.59 Å². The Balaban J connectivity index is 1.84. The molecule has 0 N–H and O–H groups in total. The largest absolute Gasteiger partial charge is 0.493 e.